The molecule has 1 aromatic carbocycles. The first-order valence-electron chi connectivity index (χ1n) is 5.71. The fraction of sp³-hybridized carbons (Fsp3) is 0.231. The SMILES string of the molecule is COC(=O)c1cnc(Nc2ccc(OC)c(OC)c2)s1. The third-order valence-corrected chi connectivity index (χ3v) is 3.42. The summed E-state index contributed by atoms with van der Waals surface area (Å²) in [6.45, 7) is 0. The lowest BCUT2D eigenvalue weighted by Crippen LogP contribution is -1.96. The minimum Gasteiger partial charge on any atom is -0.493 e. The topological polar surface area (TPSA) is 69.7 Å². The van der Waals surface area contributed by atoms with Crippen LogP contribution in [0.5, 0.6) is 11.5 Å². The Morgan fingerprint density at radius 3 is 2.60 bits per heavy atom. The molecule has 7 heteroatoms. The van der Waals surface area contributed by atoms with Crippen molar-refractivity contribution in [3.05, 3.63) is 29.3 Å². The normalized spacial score (nSPS) is 9.95. The number of benzene rings is 1. The number of esters is 1. The van der Waals surface area contributed by atoms with Crippen molar-refractivity contribution < 1.29 is 19.0 Å². The molecule has 0 saturated heterocycles. The Bertz CT molecular complexity index is 612. The van der Waals surface area contributed by atoms with Gasteiger partial charge in [0.1, 0.15) is 4.88 Å². The van der Waals surface area contributed by atoms with Crippen molar-refractivity contribution in [1.29, 1.82) is 0 Å². The largest absolute Gasteiger partial charge is 0.493 e. The van der Waals surface area contributed by atoms with Gasteiger partial charge in [-0.3, -0.25) is 0 Å². The van der Waals surface area contributed by atoms with Gasteiger partial charge in [-0.1, -0.05) is 11.3 Å². The van der Waals surface area contributed by atoms with E-state index in [4.69, 9.17) is 9.47 Å². The van der Waals surface area contributed by atoms with Crippen LogP contribution in [0.4, 0.5) is 10.8 Å². The van der Waals surface area contributed by atoms with E-state index in [-0.39, 0.29) is 0 Å². The summed E-state index contributed by atoms with van der Waals surface area (Å²) in [6, 6.07) is 5.41. The zero-order valence-electron chi connectivity index (χ0n) is 11.3. The minimum absolute atomic E-state index is 0.400. The molecular weight excluding hydrogens is 280 g/mol. The van der Waals surface area contributed by atoms with Gasteiger partial charge in [-0.25, -0.2) is 9.78 Å². The Kier molecular flexibility index (Phi) is 4.41. The number of rotatable bonds is 5. The number of ether oxygens (including phenoxy) is 3. The maximum absolute atomic E-state index is 11.3. The number of hydrogen-bond acceptors (Lipinski definition) is 7. The van der Waals surface area contributed by atoms with Gasteiger partial charge in [0, 0.05) is 11.8 Å². The molecule has 0 bridgehead atoms. The summed E-state index contributed by atoms with van der Waals surface area (Å²) in [5, 5.41) is 3.69. The maximum Gasteiger partial charge on any atom is 0.349 e. The highest BCUT2D eigenvalue weighted by molar-refractivity contribution is 7.17. The summed E-state index contributed by atoms with van der Waals surface area (Å²) < 4.78 is 15.0. The van der Waals surface area contributed by atoms with Crippen molar-refractivity contribution in [2.45, 2.75) is 0 Å². The zero-order valence-corrected chi connectivity index (χ0v) is 12.1. The van der Waals surface area contributed by atoms with Gasteiger partial charge in [0.05, 0.1) is 27.5 Å². The third kappa shape index (κ3) is 3.00. The van der Waals surface area contributed by atoms with Crippen LogP contribution in [-0.2, 0) is 4.74 Å². The van der Waals surface area contributed by atoms with Gasteiger partial charge in [-0.05, 0) is 12.1 Å². The van der Waals surface area contributed by atoms with Gasteiger partial charge < -0.3 is 19.5 Å². The van der Waals surface area contributed by atoms with Gasteiger partial charge in [0.15, 0.2) is 16.6 Å². The second-order valence-electron chi connectivity index (χ2n) is 3.72. The fourth-order valence-electron chi connectivity index (χ4n) is 1.56. The van der Waals surface area contributed by atoms with Crippen molar-refractivity contribution in [1.82, 2.24) is 4.98 Å². The second kappa shape index (κ2) is 6.25. The Labute approximate surface area is 120 Å². The molecule has 106 valence electrons. The van der Waals surface area contributed by atoms with Gasteiger partial charge in [0.2, 0.25) is 0 Å². The molecule has 2 aromatic rings. The summed E-state index contributed by atoms with van der Waals surface area (Å²) in [7, 11) is 4.48. The average molecular weight is 294 g/mol. The predicted octanol–water partition coefficient (Wildman–Crippen LogP) is 2.69. The van der Waals surface area contributed by atoms with Gasteiger partial charge in [0.25, 0.3) is 0 Å². The number of nitrogens with one attached hydrogen (secondary N) is 1. The van der Waals surface area contributed by atoms with E-state index >= 15 is 0 Å². The molecule has 1 aromatic heterocycles. The van der Waals surface area contributed by atoms with Crippen LogP contribution >= 0.6 is 11.3 Å². The standard InChI is InChI=1S/C13H14N2O4S/c1-17-9-5-4-8(6-10(9)18-2)15-13-14-7-11(20-13)12(16)19-3/h4-7H,1-3H3,(H,14,15). The lowest BCUT2D eigenvalue weighted by atomic mass is 10.3. The minimum atomic E-state index is -0.400. The Hall–Kier alpha value is -2.28. The Morgan fingerprint density at radius 1 is 1.20 bits per heavy atom. The number of nitrogens with zero attached hydrogens (tertiary/aromatic N) is 1. The highest BCUT2D eigenvalue weighted by Gasteiger charge is 2.11. The molecule has 2 rings (SSSR count). The van der Waals surface area contributed by atoms with E-state index in [0.717, 1.165) is 5.69 Å². The van der Waals surface area contributed by atoms with Crippen molar-refractivity contribution in [2.75, 3.05) is 26.6 Å². The summed E-state index contributed by atoms with van der Waals surface area (Å²) >= 11 is 1.21. The van der Waals surface area contributed by atoms with Crippen LogP contribution in [0.3, 0.4) is 0 Å². The van der Waals surface area contributed by atoms with Crippen LogP contribution in [0.2, 0.25) is 0 Å². The highest BCUT2D eigenvalue weighted by atomic mass is 32.1. The maximum atomic E-state index is 11.3. The van der Waals surface area contributed by atoms with Crippen molar-refractivity contribution in [3.8, 4) is 11.5 Å². The molecule has 1 N–H and O–H groups in total. The number of hydrogen-bond donors (Lipinski definition) is 1. The molecule has 20 heavy (non-hydrogen) atoms. The highest BCUT2D eigenvalue weighted by Crippen LogP contribution is 2.32. The third-order valence-electron chi connectivity index (χ3n) is 2.53. The molecule has 0 unspecified atom stereocenters. The van der Waals surface area contributed by atoms with Crippen LogP contribution in [0.25, 0.3) is 0 Å². The number of aromatic nitrogens is 1. The van der Waals surface area contributed by atoms with Crippen molar-refractivity contribution in [3.63, 3.8) is 0 Å². The summed E-state index contributed by atoms with van der Waals surface area (Å²) in [5.41, 5.74) is 0.786. The number of thiazole rings is 1. The smallest absolute Gasteiger partial charge is 0.349 e. The number of carbonyl (C=O) groups is 1. The Balaban J connectivity index is 2.17. The van der Waals surface area contributed by atoms with Gasteiger partial charge in [-0.2, -0.15) is 0 Å². The number of methoxy groups -OCH3 is 3. The predicted molar refractivity (Wildman–Crippen MR) is 76.3 cm³/mol. The van der Waals surface area contributed by atoms with E-state index in [0.29, 0.717) is 21.5 Å². The fourth-order valence-corrected chi connectivity index (χ4v) is 2.32. The number of anilines is 2. The van der Waals surface area contributed by atoms with Gasteiger partial charge in [-0.15, -0.1) is 0 Å². The average Bonchev–Trinajstić information content (AvgIpc) is 2.94. The molecule has 0 aliphatic rings. The zero-order chi connectivity index (χ0) is 14.5. The quantitative estimate of drug-likeness (QED) is 0.855. The van der Waals surface area contributed by atoms with Crippen LogP contribution < -0.4 is 14.8 Å². The molecule has 0 aliphatic carbocycles. The van der Waals surface area contributed by atoms with Crippen LogP contribution in [-0.4, -0.2) is 32.3 Å². The first-order chi connectivity index (χ1) is 9.67. The van der Waals surface area contributed by atoms with E-state index in [9.17, 15) is 4.79 Å². The van der Waals surface area contributed by atoms with Crippen molar-refractivity contribution in [2.24, 2.45) is 0 Å². The Morgan fingerprint density at radius 2 is 1.95 bits per heavy atom. The van der Waals surface area contributed by atoms with Crippen LogP contribution in [0.1, 0.15) is 9.67 Å². The molecule has 0 aliphatic heterocycles. The molecule has 0 fully saturated rings. The molecule has 0 radical (unpaired) electrons. The first-order valence-corrected chi connectivity index (χ1v) is 6.52. The van der Waals surface area contributed by atoms with Crippen molar-refractivity contribution >= 4 is 28.1 Å². The van der Waals surface area contributed by atoms with Crippen LogP contribution in [0, 0.1) is 0 Å². The van der Waals surface area contributed by atoms with E-state index in [1.54, 1.807) is 26.4 Å². The molecule has 6 nitrogen and oxygen atoms in total. The summed E-state index contributed by atoms with van der Waals surface area (Å²) in [4.78, 5) is 15.9. The lowest BCUT2D eigenvalue weighted by Gasteiger charge is -2.09. The summed E-state index contributed by atoms with van der Waals surface area (Å²) in [5.74, 6) is 0.859. The molecular formula is C13H14N2O4S. The molecule has 0 amide bonds. The molecule has 1 heterocycles. The van der Waals surface area contributed by atoms with Crippen LogP contribution in [0.15, 0.2) is 24.4 Å². The van der Waals surface area contributed by atoms with E-state index < -0.39 is 5.97 Å². The van der Waals surface area contributed by atoms with E-state index in [2.05, 4.69) is 15.0 Å². The molecule has 0 saturated carbocycles. The molecule has 0 spiro atoms. The van der Waals surface area contributed by atoms with Gasteiger partial charge >= 0.3 is 5.97 Å². The van der Waals surface area contributed by atoms with E-state index in [1.165, 1.54) is 24.6 Å². The second-order valence-corrected chi connectivity index (χ2v) is 4.75. The lowest BCUT2D eigenvalue weighted by molar-refractivity contribution is 0.0606. The summed E-state index contributed by atoms with van der Waals surface area (Å²) in [6.07, 6.45) is 1.47. The number of carbonyl (C=O) groups excluding carboxylic acids is 1. The molecule has 0 atom stereocenters. The van der Waals surface area contributed by atoms with E-state index in [1.807, 2.05) is 6.07 Å². The monoisotopic (exact) mass is 294 g/mol. The first kappa shape index (κ1) is 14.1.